The molecule has 0 fully saturated rings. The van der Waals surface area contributed by atoms with Crippen molar-refractivity contribution in [1.82, 2.24) is 4.98 Å². The number of hydrogen-bond acceptors (Lipinski definition) is 4. The molecule has 1 aromatic heterocycles. The molecule has 0 unspecified atom stereocenters. The van der Waals surface area contributed by atoms with Crippen molar-refractivity contribution in [3.63, 3.8) is 0 Å². The zero-order chi connectivity index (χ0) is 21.5. The molecule has 1 aromatic carbocycles. The third-order valence-corrected chi connectivity index (χ3v) is 4.67. The number of pyridine rings is 1. The number of allylic oxidation sites excluding steroid dienone is 2. The van der Waals surface area contributed by atoms with Gasteiger partial charge in [0.05, 0.1) is 22.2 Å². The van der Waals surface area contributed by atoms with Crippen molar-refractivity contribution in [2.45, 2.75) is 12.8 Å². The third kappa shape index (κ3) is 3.79. The molecule has 0 atom stereocenters. The van der Waals surface area contributed by atoms with Crippen LogP contribution in [-0.2, 0) is 6.42 Å². The van der Waals surface area contributed by atoms with Crippen molar-refractivity contribution in [2.24, 2.45) is 0 Å². The summed E-state index contributed by atoms with van der Waals surface area (Å²) in [5.74, 6) is -6.00. The maximum absolute atomic E-state index is 14.8. The van der Waals surface area contributed by atoms with E-state index in [2.05, 4.69) is 4.98 Å². The maximum atomic E-state index is 14.8. The molecule has 11 heteroatoms. The molecule has 2 heterocycles. The van der Waals surface area contributed by atoms with Crippen LogP contribution in [0.1, 0.15) is 32.0 Å². The van der Waals surface area contributed by atoms with E-state index in [9.17, 15) is 27.2 Å². The number of Topliss-reactive ketones (excluding diaryl/α,β-unsaturated/α-hetero) is 1. The summed E-state index contributed by atoms with van der Waals surface area (Å²) in [4.78, 5) is 27.4. The molecule has 3 rings (SSSR count). The van der Waals surface area contributed by atoms with Crippen LogP contribution in [0.5, 0.6) is 5.75 Å². The predicted molar refractivity (Wildman–Crippen MR) is 95.2 cm³/mol. The van der Waals surface area contributed by atoms with Gasteiger partial charge >= 0.3 is 5.97 Å². The van der Waals surface area contributed by atoms with E-state index < -0.39 is 56.7 Å². The lowest BCUT2D eigenvalue weighted by molar-refractivity contribution is 0.0692. The summed E-state index contributed by atoms with van der Waals surface area (Å²) in [5, 5.41) is 7.86. The lowest BCUT2D eigenvalue weighted by Gasteiger charge is -2.12. The molecule has 0 spiro atoms. The van der Waals surface area contributed by atoms with E-state index in [1.165, 1.54) is 0 Å². The van der Waals surface area contributed by atoms with Crippen LogP contribution in [0.15, 0.2) is 24.2 Å². The van der Waals surface area contributed by atoms with Crippen molar-refractivity contribution < 1.29 is 37.0 Å². The van der Waals surface area contributed by atoms with Crippen LogP contribution in [0.2, 0.25) is 10.0 Å². The molecular weight excluding hydrogens is 441 g/mol. The summed E-state index contributed by atoms with van der Waals surface area (Å²) in [5.41, 5.74) is -2.84. The predicted octanol–water partition coefficient (Wildman–Crippen LogP) is 4.99. The smallest absolute Gasteiger partial charge is 0.341 e. The first-order chi connectivity index (χ1) is 13.6. The Balaban J connectivity index is 2.16. The number of carbonyl (C=O) groups excluding carboxylic acids is 1. The minimum atomic E-state index is -3.47. The second-order valence-electron chi connectivity index (χ2n) is 5.84. The lowest BCUT2D eigenvalue weighted by Crippen LogP contribution is -2.12. The van der Waals surface area contributed by atoms with Gasteiger partial charge in [-0.25, -0.2) is 22.4 Å². The molecule has 0 saturated carbocycles. The second-order valence-corrected chi connectivity index (χ2v) is 6.66. The second kappa shape index (κ2) is 8.00. The summed E-state index contributed by atoms with van der Waals surface area (Å²) >= 11 is 11.1. The standard InChI is InChI=1S/C18H9Cl2F4NO4/c19-9-3-6(4-10(20)12(9)21)11(17(23)24)13(22)15(26)14-7-1-2-29-16(7)8(5-25-14)18(27)28/h3-5,17H,1-2H2,(H,27,28)/b13-11-. The Hall–Kier alpha value is -2.65. The zero-order valence-corrected chi connectivity index (χ0v) is 15.6. The van der Waals surface area contributed by atoms with Gasteiger partial charge in [-0.3, -0.25) is 9.78 Å². The number of aromatic nitrogens is 1. The van der Waals surface area contributed by atoms with Crippen LogP contribution in [-0.4, -0.2) is 34.9 Å². The van der Waals surface area contributed by atoms with Gasteiger partial charge in [-0.05, 0) is 17.7 Å². The van der Waals surface area contributed by atoms with Crippen molar-refractivity contribution in [3.05, 3.63) is 62.4 Å². The van der Waals surface area contributed by atoms with Gasteiger partial charge in [-0.15, -0.1) is 0 Å². The van der Waals surface area contributed by atoms with Crippen LogP contribution in [0.4, 0.5) is 17.6 Å². The van der Waals surface area contributed by atoms with Gasteiger partial charge in [0.1, 0.15) is 17.0 Å². The molecule has 0 amide bonds. The number of carbonyl (C=O) groups is 2. The molecule has 0 saturated heterocycles. The number of ether oxygens (including phenoxy) is 1. The summed E-state index contributed by atoms with van der Waals surface area (Å²) in [7, 11) is 0. The third-order valence-electron chi connectivity index (χ3n) is 4.12. The Labute approximate surface area is 170 Å². The number of nitrogens with zero attached hydrogens (tertiary/aromatic N) is 1. The van der Waals surface area contributed by atoms with Gasteiger partial charge in [0.25, 0.3) is 6.43 Å². The van der Waals surface area contributed by atoms with E-state index in [1.54, 1.807) is 0 Å². The number of aromatic carboxylic acids is 1. The van der Waals surface area contributed by atoms with Crippen LogP contribution >= 0.6 is 23.2 Å². The van der Waals surface area contributed by atoms with E-state index in [0.29, 0.717) is 12.1 Å². The minimum Gasteiger partial charge on any atom is -0.492 e. The van der Waals surface area contributed by atoms with Crippen LogP contribution < -0.4 is 4.74 Å². The zero-order valence-electron chi connectivity index (χ0n) is 14.1. The number of carboxylic acids is 1. The quantitative estimate of drug-likeness (QED) is 0.301. The fourth-order valence-electron chi connectivity index (χ4n) is 2.82. The van der Waals surface area contributed by atoms with Gasteiger partial charge in [0, 0.05) is 18.2 Å². The largest absolute Gasteiger partial charge is 0.492 e. The average molecular weight is 450 g/mol. The van der Waals surface area contributed by atoms with Gasteiger partial charge in [0.15, 0.2) is 11.6 Å². The number of ketones is 1. The first-order valence-corrected chi connectivity index (χ1v) is 8.64. The number of benzene rings is 1. The van der Waals surface area contributed by atoms with Gasteiger partial charge in [-0.1, -0.05) is 23.2 Å². The Morgan fingerprint density at radius 3 is 2.38 bits per heavy atom. The molecule has 1 N–H and O–H groups in total. The fraction of sp³-hybridized carbons (Fsp3) is 0.167. The van der Waals surface area contributed by atoms with Gasteiger partial charge in [0.2, 0.25) is 5.78 Å². The van der Waals surface area contributed by atoms with Crippen molar-refractivity contribution in [3.8, 4) is 5.75 Å². The number of hydrogen-bond donors (Lipinski definition) is 1. The van der Waals surface area contributed by atoms with Gasteiger partial charge in [-0.2, -0.15) is 0 Å². The first-order valence-electron chi connectivity index (χ1n) is 7.88. The molecule has 5 nitrogen and oxygen atoms in total. The Morgan fingerprint density at radius 1 is 1.21 bits per heavy atom. The number of alkyl halides is 2. The topological polar surface area (TPSA) is 76.5 Å². The Kier molecular flexibility index (Phi) is 5.81. The van der Waals surface area contributed by atoms with Crippen LogP contribution in [0.25, 0.3) is 5.57 Å². The van der Waals surface area contributed by atoms with E-state index >= 15 is 0 Å². The van der Waals surface area contributed by atoms with E-state index in [-0.39, 0.29) is 29.9 Å². The van der Waals surface area contributed by atoms with Crippen LogP contribution in [0, 0.1) is 5.82 Å². The SMILES string of the molecule is O=C(O)c1cnc(C(=O)/C(F)=C(\c2cc(Cl)c(F)c(Cl)c2)C(F)F)c2c1OCC2. The highest BCUT2D eigenvalue weighted by atomic mass is 35.5. The first kappa shape index (κ1) is 21.1. The van der Waals surface area contributed by atoms with Crippen molar-refractivity contribution in [2.75, 3.05) is 6.61 Å². The molecule has 1 aliphatic rings. The van der Waals surface area contributed by atoms with Crippen LogP contribution in [0.3, 0.4) is 0 Å². The van der Waals surface area contributed by atoms with E-state index in [4.69, 9.17) is 33.0 Å². The number of halogens is 6. The summed E-state index contributed by atoms with van der Waals surface area (Å²) in [6.45, 7) is 0.0117. The summed E-state index contributed by atoms with van der Waals surface area (Å²) in [6, 6.07) is 1.43. The molecule has 0 aliphatic carbocycles. The molecule has 0 bridgehead atoms. The highest BCUT2D eigenvalue weighted by Crippen LogP contribution is 2.36. The van der Waals surface area contributed by atoms with Crippen molar-refractivity contribution in [1.29, 1.82) is 0 Å². The number of fused-ring (bicyclic) bond motifs is 1. The van der Waals surface area contributed by atoms with E-state index in [1.807, 2.05) is 0 Å². The summed E-state index contributed by atoms with van der Waals surface area (Å²) < 4.78 is 60.7. The van der Waals surface area contributed by atoms with E-state index in [0.717, 1.165) is 6.20 Å². The molecule has 0 radical (unpaired) electrons. The highest BCUT2D eigenvalue weighted by molar-refractivity contribution is 6.35. The average Bonchev–Trinajstić information content (AvgIpc) is 3.13. The molecule has 152 valence electrons. The number of rotatable bonds is 5. The van der Waals surface area contributed by atoms with Gasteiger partial charge < -0.3 is 9.84 Å². The Bertz CT molecular complexity index is 1050. The van der Waals surface area contributed by atoms with Crippen molar-refractivity contribution >= 4 is 40.5 Å². The minimum absolute atomic E-state index is 0.00571. The molecular formula is C18H9Cl2F4NO4. The maximum Gasteiger partial charge on any atom is 0.341 e. The molecule has 2 aromatic rings. The normalized spacial score (nSPS) is 13.8. The highest BCUT2D eigenvalue weighted by Gasteiger charge is 2.32. The monoisotopic (exact) mass is 449 g/mol. The fourth-order valence-corrected chi connectivity index (χ4v) is 3.31. The number of carboxylic acid groups (broad SMARTS) is 1. The Morgan fingerprint density at radius 2 is 1.83 bits per heavy atom. The molecule has 29 heavy (non-hydrogen) atoms. The molecule has 1 aliphatic heterocycles. The summed E-state index contributed by atoms with van der Waals surface area (Å²) in [6.07, 6.45) is -2.66. The lowest BCUT2D eigenvalue weighted by atomic mass is 9.99.